The Labute approximate surface area is 172 Å². The molecule has 4 heteroatoms. The van der Waals surface area contributed by atoms with Crippen LogP contribution in [0, 0.1) is 0 Å². The highest BCUT2D eigenvalue weighted by Crippen LogP contribution is 2.24. The van der Waals surface area contributed by atoms with Gasteiger partial charge in [0.05, 0.1) is 0 Å². The highest BCUT2D eigenvalue weighted by molar-refractivity contribution is 4.87. The van der Waals surface area contributed by atoms with Crippen molar-refractivity contribution in [1.82, 2.24) is 20.0 Å². The van der Waals surface area contributed by atoms with Crippen molar-refractivity contribution in [1.29, 1.82) is 0 Å². The van der Waals surface area contributed by atoms with Crippen LogP contribution < -0.4 is 5.32 Å². The predicted molar refractivity (Wildman–Crippen MR) is 123 cm³/mol. The predicted octanol–water partition coefficient (Wildman–Crippen LogP) is 4.31. The second-order valence-corrected chi connectivity index (χ2v) is 12.1. The van der Waals surface area contributed by atoms with Crippen LogP contribution in [0.2, 0.25) is 0 Å². The fraction of sp³-hybridized carbons (Fsp3) is 1.00. The Morgan fingerprint density at radius 3 is 1.37 bits per heavy atom. The van der Waals surface area contributed by atoms with Crippen molar-refractivity contribution in [3.8, 4) is 0 Å². The molecular formula is C23H52N4. The average molecular weight is 385 g/mol. The molecule has 0 amide bonds. The molecule has 0 aliphatic carbocycles. The molecular weight excluding hydrogens is 332 g/mol. The molecule has 0 saturated carbocycles. The highest BCUT2D eigenvalue weighted by Gasteiger charge is 2.31. The van der Waals surface area contributed by atoms with E-state index in [1.54, 1.807) is 0 Å². The molecule has 0 aliphatic heterocycles. The Bertz CT molecular complexity index is 390. The normalized spacial score (nSPS) is 14.7. The first-order valence-corrected chi connectivity index (χ1v) is 10.8. The Kier molecular flexibility index (Phi) is 9.99. The molecule has 0 saturated heterocycles. The molecule has 27 heavy (non-hydrogen) atoms. The van der Waals surface area contributed by atoms with Crippen LogP contribution in [0.15, 0.2) is 0 Å². The van der Waals surface area contributed by atoms with E-state index >= 15 is 0 Å². The van der Waals surface area contributed by atoms with Crippen LogP contribution in [0.4, 0.5) is 0 Å². The molecule has 4 nitrogen and oxygen atoms in total. The first-order chi connectivity index (χ1) is 11.8. The SMILES string of the molecule is CN(CCN(CCNC(C)(C)C)CCN(C(C)(C)C)C(C)(C)C)C(C)(C)C. The van der Waals surface area contributed by atoms with Gasteiger partial charge in [-0.2, -0.15) is 0 Å². The maximum atomic E-state index is 3.65. The van der Waals surface area contributed by atoms with Crippen LogP contribution in [0.5, 0.6) is 0 Å². The van der Waals surface area contributed by atoms with Gasteiger partial charge in [-0.05, 0) is 90.1 Å². The molecule has 0 aromatic rings. The largest absolute Gasteiger partial charge is 0.311 e. The molecule has 0 fully saturated rings. The maximum Gasteiger partial charge on any atom is 0.0130 e. The van der Waals surface area contributed by atoms with E-state index in [2.05, 4.69) is 110 Å². The minimum atomic E-state index is 0.176. The van der Waals surface area contributed by atoms with Gasteiger partial charge in [-0.25, -0.2) is 0 Å². The van der Waals surface area contributed by atoms with E-state index < -0.39 is 0 Å². The van der Waals surface area contributed by atoms with Crippen molar-refractivity contribution < 1.29 is 0 Å². The van der Waals surface area contributed by atoms with Gasteiger partial charge < -0.3 is 10.2 Å². The quantitative estimate of drug-likeness (QED) is 0.639. The summed E-state index contributed by atoms with van der Waals surface area (Å²) < 4.78 is 0. The van der Waals surface area contributed by atoms with Crippen LogP contribution >= 0.6 is 0 Å². The summed E-state index contributed by atoms with van der Waals surface area (Å²) in [5, 5.41) is 3.65. The molecule has 1 N–H and O–H groups in total. The van der Waals surface area contributed by atoms with Gasteiger partial charge >= 0.3 is 0 Å². The van der Waals surface area contributed by atoms with Crippen molar-refractivity contribution >= 4 is 0 Å². The Hall–Kier alpha value is -0.160. The number of hydrogen-bond acceptors (Lipinski definition) is 4. The van der Waals surface area contributed by atoms with E-state index in [0.717, 1.165) is 39.3 Å². The molecule has 0 aromatic carbocycles. The zero-order valence-corrected chi connectivity index (χ0v) is 21.1. The second kappa shape index (κ2) is 10.0. The fourth-order valence-electron chi connectivity index (χ4n) is 3.47. The first-order valence-electron chi connectivity index (χ1n) is 10.8. The summed E-state index contributed by atoms with van der Waals surface area (Å²) in [7, 11) is 2.24. The minimum Gasteiger partial charge on any atom is -0.311 e. The summed E-state index contributed by atoms with van der Waals surface area (Å²) >= 11 is 0. The zero-order valence-electron chi connectivity index (χ0n) is 21.1. The van der Waals surface area contributed by atoms with Gasteiger partial charge in [-0.1, -0.05) is 0 Å². The second-order valence-electron chi connectivity index (χ2n) is 12.1. The molecule has 0 bridgehead atoms. The molecule has 0 atom stereocenters. The molecule has 0 radical (unpaired) electrons. The lowest BCUT2D eigenvalue weighted by molar-refractivity contribution is 0.0267. The standard InChI is InChI=1S/C23H52N4/c1-20(2,3)24-14-15-26(17-16-25(13)21(4,5)6)18-19-27(22(7,8)9)23(10,11)12/h24H,14-19H2,1-13H3. The number of nitrogens with one attached hydrogen (secondary N) is 1. The summed E-state index contributed by atoms with van der Waals surface area (Å²) in [4.78, 5) is 7.73. The summed E-state index contributed by atoms with van der Waals surface area (Å²) in [5.41, 5.74) is 0.750. The van der Waals surface area contributed by atoms with Gasteiger partial charge in [0.1, 0.15) is 0 Å². The number of hydrogen-bond donors (Lipinski definition) is 1. The molecule has 0 unspecified atom stereocenters. The lowest BCUT2D eigenvalue weighted by Gasteiger charge is -2.46. The van der Waals surface area contributed by atoms with E-state index in [-0.39, 0.29) is 22.2 Å². The lowest BCUT2D eigenvalue weighted by Crippen LogP contribution is -2.55. The third-order valence-electron chi connectivity index (χ3n) is 5.24. The average Bonchev–Trinajstić information content (AvgIpc) is 2.38. The van der Waals surface area contributed by atoms with Crippen LogP contribution in [0.1, 0.15) is 83.1 Å². The van der Waals surface area contributed by atoms with Gasteiger partial charge in [0, 0.05) is 61.4 Å². The fourth-order valence-corrected chi connectivity index (χ4v) is 3.47. The van der Waals surface area contributed by atoms with Crippen LogP contribution in [-0.4, -0.2) is 83.2 Å². The van der Waals surface area contributed by atoms with E-state index in [4.69, 9.17) is 0 Å². The third kappa shape index (κ3) is 12.1. The van der Waals surface area contributed by atoms with Crippen molar-refractivity contribution in [3.05, 3.63) is 0 Å². The number of rotatable bonds is 9. The monoisotopic (exact) mass is 384 g/mol. The van der Waals surface area contributed by atoms with Crippen molar-refractivity contribution in [2.45, 2.75) is 105 Å². The van der Waals surface area contributed by atoms with Gasteiger partial charge in [0.2, 0.25) is 0 Å². The summed E-state index contributed by atoms with van der Waals surface area (Å²) in [5.74, 6) is 0. The Balaban J connectivity index is 4.95. The van der Waals surface area contributed by atoms with Crippen molar-refractivity contribution in [2.75, 3.05) is 46.3 Å². The lowest BCUT2D eigenvalue weighted by atomic mass is 9.96. The smallest absolute Gasteiger partial charge is 0.0130 e. The van der Waals surface area contributed by atoms with E-state index in [0.29, 0.717) is 0 Å². The molecule has 0 aromatic heterocycles. The maximum absolute atomic E-state index is 3.65. The van der Waals surface area contributed by atoms with Crippen molar-refractivity contribution in [2.24, 2.45) is 0 Å². The Morgan fingerprint density at radius 1 is 0.556 bits per heavy atom. The van der Waals surface area contributed by atoms with Gasteiger partial charge in [0.15, 0.2) is 0 Å². The van der Waals surface area contributed by atoms with Crippen LogP contribution in [0.25, 0.3) is 0 Å². The Morgan fingerprint density at radius 2 is 1.00 bits per heavy atom. The van der Waals surface area contributed by atoms with Gasteiger partial charge in [-0.3, -0.25) is 9.80 Å². The third-order valence-corrected chi connectivity index (χ3v) is 5.24. The van der Waals surface area contributed by atoms with Crippen LogP contribution in [0.3, 0.4) is 0 Å². The highest BCUT2D eigenvalue weighted by atomic mass is 15.3. The zero-order chi connectivity index (χ0) is 21.7. The molecule has 0 heterocycles. The topological polar surface area (TPSA) is 21.8 Å². The molecule has 0 aliphatic rings. The van der Waals surface area contributed by atoms with E-state index in [9.17, 15) is 0 Å². The molecule has 164 valence electrons. The van der Waals surface area contributed by atoms with Crippen LogP contribution in [-0.2, 0) is 0 Å². The summed E-state index contributed by atoms with van der Waals surface area (Å²) in [6.07, 6.45) is 0. The van der Waals surface area contributed by atoms with E-state index in [1.807, 2.05) is 0 Å². The first kappa shape index (κ1) is 26.8. The minimum absolute atomic E-state index is 0.176. The van der Waals surface area contributed by atoms with Gasteiger partial charge in [-0.15, -0.1) is 0 Å². The van der Waals surface area contributed by atoms with E-state index in [1.165, 1.54) is 0 Å². The number of nitrogens with zero attached hydrogens (tertiary/aromatic N) is 3. The molecule has 0 spiro atoms. The summed E-state index contributed by atoms with van der Waals surface area (Å²) in [6.45, 7) is 34.1. The molecule has 0 rings (SSSR count). The van der Waals surface area contributed by atoms with Gasteiger partial charge in [0.25, 0.3) is 0 Å². The number of likely N-dealkylation sites (N-methyl/N-ethyl adjacent to an activating group) is 1. The van der Waals surface area contributed by atoms with Crippen molar-refractivity contribution in [3.63, 3.8) is 0 Å². The summed E-state index contributed by atoms with van der Waals surface area (Å²) in [6, 6.07) is 0.